The zero-order valence-corrected chi connectivity index (χ0v) is 11.1. The third kappa shape index (κ3) is 2.55. The van der Waals surface area contributed by atoms with Crippen LogP contribution in [0.25, 0.3) is 0 Å². The fourth-order valence-corrected chi connectivity index (χ4v) is 2.32. The maximum atomic E-state index is 13.9. The summed E-state index contributed by atoms with van der Waals surface area (Å²) in [5, 5.41) is 3.76. The molecule has 1 nitrogen and oxygen atoms in total. The molecule has 0 fully saturated rings. The van der Waals surface area contributed by atoms with Gasteiger partial charge in [-0.3, -0.25) is 0 Å². The van der Waals surface area contributed by atoms with Gasteiger partial charge in [-0.25, -0.2) is 4.39 Å². The van der Waals surface area contributed by atoms with Gasteiger partial charge >= 0.3 is 0 Å². The van der Waals surface area contributed by atoms with Crippen molar-refractivity contribution in [1.29, 1.82) is 0 Å². The van der Waals surface area contributed by atoms with Crippen LogP contribution in [-0.4, -0.2) is 7.05 Å². The van der Waals surface area contributed by atoms with Gasteiger partial charge in [-0.2, -0.15) is 0 Å². The zero-order valence-electron chi connectivity index (χ0n) is 10.4. The van der Waals surface area contributed by atoms with Crippen molar-refractivity contribution < 1.29 is 4.39 Å². The van der Waals surface area contributed by atoms with E-state index in [2.05, 4.69) is 5.32 Å². The lowest BCUT2D eigenvalue weighted by Gasteiger charge is -2.19. The summed E-state index contributed by atoms with van der Waals surface area (Å²) in [6.07, 6.45) is 0. The smallest absolute Gasteiger partial charge is 0.128 e. The van der Waals surface area contributed by atoms with Gasteiger partial charge in [0.05, 0.1) is 6.04 Å². The molecule has 2 aromatic carbocycles. The molecule has 0 aliphatic heterocycles. The monoisotopic (exact) mass is 263 g/mol. The Kier molecular flexibility index (Phi) is 4.00. The molecule has 0 saturated carbocycles. The lowest BCUT2D eigenvalue weighted by Crippen LogP contribution is -2.19. The molecular formula is C15H15ClFN. The van der Waals surface area contributed by atoms with E-state index in [1.54, 1.807) is 13.1 Å². The molecule has 0 bridgehead atoms. The first-order chi connectivity index (χ1) is 8.63. The fraction of sp³-hybridized carbons (Fsp3) is 0.200. The SMILES string of the molecule is CNC(c1cc(C)ccc1F)c1ccccc1Cl. The van der Waals surface area contributed by atoms with Crippen molar-refractivity contribution in [3.8, 4) is 0 Å². The highest BCUT2D eigenvalue weighted by Gasteiger charge is 2.18. The molecule has 94 valence electrons. The van der Waals surface area contributed by atoms with E-state index >= 15 is 0 Å². The molecule has 0 heterocycles. The van der Waals surface area contributed by atoms with Gasteiger partial charge in [0.15, 0.2) is 0 Å². The molecule has 2 aromatic rings. The minimum absolute atomic E-state index is 0.222. The van der Waals surface area contributed by atoms with E-state index in [9.17, 15) is 4.39 Å². The minimum Gasteiger partial charge on any atom is -0.309 e. The van der Waals surface area contributed by atoms with E-state index in [0.29, 0.717) is 10.6 Å². The number of nitrogens with one attached hydrogen (secondary N) is 1. The first-order valence-corrected chi connectivity index (χ1v) is 6.19. The first-order valence-electron chi connectivity index (χ1n) is 5.81. The summed E-state index contributed by atoms with van der Waals surface area (Å²) < 4.78 is 13.9. The number of halogens is 2. The Bertz CT molecular complexity index is 554. The van der Waals surface area contributed by atoms with Gasteiger partial charge in [-0.15, -0.1) is 0 Å². The molecule has 0 aliphatic carbocycles. The standard InChI is InChI=1S/C15H15ClFN/c1-10-7-8-14(17)12(9-10)15(18-2)11-5-3-4-6-13(11)16/h3-9,15,18H,1-2H3. The summed E-state index contributed by atoms with van der Waals surface area (Å²) >= 11 is 6.18. The second-order valence-electron chi connectivity index (χ2n) is 4.27. The van der Waals surface area contributed by atoms with Crippen molar-refractivity contribution in [2.24, 2.45) is 0 Å². The van der Waals surface area contributed by atoms with Gasteiger partial charge in [0.1, 0.15) is 5.82 Å². The van der Waals surface area contributed by atoms with E-state index in [0.717, 1.165) is 11.1 Å². The summed E-state index contributed by atoms with van der Waals surface area (Å²) in [5.74, 6) is -0.222. The number of hydrogen-bond donors (Lipinski definition) is 1. The van der Waals surface area contributed by atoms with Crippen LogP contribution >= 0.6 is 11.6 Å². The van der Waals surface area contributed by atoms with Gasteiger partial charge in [-0.1, -0.05) is 47.5 Å². The highest BCUT2D eigenvalue weighted by Crippen LogP contribution is 2.29. The highest BCUT2D eigenvalue weighted by molar-refractivity contribution is 6.31. The summed E-state index contributed by atoms with van der Waals surface area (Å²) in [6, 6.07) is 12.4. The maximum absolute atomic E-state index is 13.9. The van der Waals surface area contributed by atoms with Crippen LogP contribution in [0.3, 0.4) is 0 Å². The van der Waals surface area contributed by atoms with E-state index in [1.165, 1.54) is 6.07 Å². The Morgan fingerprint density at radius 2 is 1.83 bits per heavy atom. The minimum atomic E-state index is -0.237. The maximum Gasteiger partial charge on any atom is 0.128 e. The molecule has 18 heavy (non-hydrogen) atoms. The van der Waals surface area contributed by atoms with Crippen LogP contribution in [0.5, 0.6) is 0 Å². The Hall–Kier alpha value is -1.38. The van der Waals surface area contributed by atoms with E-state index < -0.39 is 0 Å². The predicted octanol–water partition coefficient (Wildman–Crippen LogP) is 4.10. The number of benzene rings is 2. The quantitative estimate of drug-likeness (QED) is 0.879. The Balaban J connectivity index is 2.52. The molecule has 1 unspecified atom stereocenters. The molecule has 0 saturated heterocycles. The van der Waals surface area contributed by atoms with Crippen molar-refractivity contribution in [1.82, 2.24) is 5.32 Å². The molecule has 3 heteroatoms. The molecule has 0 amide bonds. The van der Waals surface area contributed by atoms with E-state index in [1.807, 2.05) is 37.3 Å². The average Bonchev–Trinajstić information content (AvgIpc) is 2.36. The predicted molar refractivity (Wildman–Crippen MR) is 73.5 cm³/mol. The number of aryl methyl sites for hydroxylation is 1. The summed E-state index contributed by atoms with van der Waals surface area (Å²) in [7, 11) is 1.80. The van der Waals surface area contributed by atoms with Crippen LogP contribution < -0.4 is 5.32 Å². The van der Waals surface area contributed by atoms with Crippen LogP contribution in [0, 0.1) is 12.7 Å². The van der Waals surface area contributed by atoms with Crippen molar-refractivity contribution >= 4 is 11.6 Å². The number of rotatable bonds is 3. The normalized spacial score (nSPS) is 12.4. The van der Waals surface area contributed by atoms with Crippen LogP contribution in [0.4, 0.5) is 4.39 Å². The van der Waals surface area contributed by atoms with Gasteiger partial charge in [-0.05, 0) is 31.7 Å². The third-order valence-electron chi connectivity index (χ3n) is 2.97. The van der Waals surface area contributed by atoms with E-state index in [4.69, 9.17) is 11.6 Å². The Morgan fingerprint density at radius 1 is 1.11 bits per heavy atom. The lowest BCUT2D eigenvalue weighted by molar-refractivity contribution is 0.575. The lowest BCUT2D eigenvalue weighted by atomic mass is 9.97. The molecule has 1 N–H and O–H groups in total. The average molecular weight is 264 g/mol. The number of hydrogen-bond acceptors (Lipinski definition) is 1. The molecule has 0 spiro atoms. The molecule has 2 rings (SSSR count). The van der Waals surface area contributed by atoms with Gasteiger partial charge in [0, 0.05) is 10.6 Å². The first kappa shape index (κ1) is 13.1. The summed E-state index contributed by atoms with van der Waals surface area (Å²) in [5.41, 5.74) is 2.52. The van der Waals surface area contributed by atoms with Gasteiger partial charge in [0.2, 0.25) is 0 Å². The van der Waals surface area contributed by atoms with Crippen LogP contribution in [0.2, 0.25) is 5.02 Å². The van der Waals surface area contributed by atoms with Crippen molar-refractivity contribution in [2.45, 2.75) is 13.0 Å². The van der Waals surface area contributed by atoms with E-state index in [-0.39, 0.29) is 11.9 Å². The molecule has 0 aromatic heterocycles. The Labute approximate surface area is 112 Å². The van der Waals surface area contributed by atoms with Crippen LogP contribution in [-0.2, 0) is 0 Å². The molecular weight excluding hydrogens is 249 g/mol. The fourth-order valence-electron chi connectivity index (χ4n) is 2.07. The zero-order chi connectivity index (χ0) is 13.1. The van der Waals surface area contributed by atoms with Crippen molar-refractivity contribution in [3.05, 3.63) is 70.0 Å². The molecule has 0 aliphatic rings. The van der Waals surface area contributed by atoms with Crippen LogP contribution in [0.15, 0.2) is 42.5 Å². The second kappa shape index (κ2) is 5.51. The van der Waals surface area contributed by atoms with Gasteiger partial charge < -0.3 is 5.32 Å². The largest absolute Gasteiger partial charge is 0.309 e. The summed E-state index contributed by atoms with van der Waals surface area (Å²) in [6.45, 7) is 1.95. The summed E-state index contributed by atoms with van der Waals surface area (Å²) in [4.78, 5) is 0. The molecule has 1 atom stereocenters. The highest BCUT2D eigenvalue weighted by atomic mass is 35.5. The van der Waals surface area contributed by atoms with Crippen molar-refractivity contribution in [2.75, 3.05) is 7.05 Å². The second-order valence-corrected chi connectivity index (χ2v) is 4.68. The Morgan fingerprint density at radius 3 is 2.50 bits per heavy atom. The topological polar surface area (TPSA) is 12.0 Å². The van der Waals surface area contributed by atoms with Crippen LogP contribution in [0.1, 0.15) is 22.7 Å². The van der Waals surface area contributed by atoms with Crippen molar-refractivity contribution in [3.63, 3.8) is 0 Å². The third-order valence-corrected chi connectivity index (χ3v) is 3.31. The molecule has 0 radical (unpaired) electrons. The van der Waals surface area contributed by atoms with Gasteiger partial charge in [0.25, 0.3) is 0 Å².